The molecule has 0 aromatic heterocycles. The highest BCUT2D eigenvalue weighted by Crippen LogP contribution is 2.23. The fourth-order valence-electron chi connectivity index (χ4n) is 2.51. The number of rotatable bonds is 3. The van der Waals surface area contributed by atoms with E-state index in [9.17, 15) is 0 Å². The minimum absolute atomic E-state index is 0. The predicted molar refractivity (Wildman–Crippen MR) is 95.5 cm³/mol. The van der Waals surface area contributed by atoms with Gasteiger partial charge in [0.2, 0.25) is 5.82 Å². The van der Waals surface area contributed by atoms with Gasteiger partial charge in [0.05, 0.1) is 11.8 Å². The second kappa shape index (κ2) is 6.87. The zero-order valence-corrected chi connectivity index (χ0v) is 15.5. The Morgan fingerprint density at radius 1 is 1.17 bits per heavy atom. The van der Waals surface area contributed by atoms with Crippen LogP contribution in [0.3, 0.4) is 0 Å². The monoisotopic (exact) mass is 345 g/mol. The third-order valence-corrected chi connectivity index (χ3v) is 4.50. The minimum Gasteiger partial charge on any atom is -1.00 e. The maximum absolute atomic E-state index is 4.48. The van der Waals surface area contributed by atoms with E-state index in [0.29, 0.717) is 5.96 Å². The topological polar surface area (TPSA) is 53.5 Å². The van der Waals surface area contributed by atoms with Gasteiger partial charge in [0, 0.05) is 6.04 Å². The van der Waals surface area contributed by atoms with Gasteiger partial charge in [-0.25, -0.2) is 0 Å². The molecule has 0 amide bonds. The van der Waals surface area contributed by atoms with Crippen molar-refractivity contribution < 1.29 is 17.4 Å². The Labute approximate surface area is 149 Å². The van der Waals surface area contributed by atoms with Gasteiger partial charge in [-0.15, -0.1) is 0 Å². The van der Waals surface area contributed by atoms with Crippen LogP contribution in [0.15, 0.2) is 45.2 Å². The van der Waals surface area contributed by atoms with Crippen LogP contribution in [0.4, 0.5) is 0 Å². The summed E-state index contributed by atoms with van der Waals surface area (Å²) in [6, 6.07) is 8.64. The lowest BCUT2D eigenvalue weighted by atomic mass is 9.88. The maximum atomic E-state index is 4.48. The Morgan fingerprint density at radius 3 is 2.54 bits per heavy atom. The molecule has 1 aromatic carbocycles. The van der Waals surface area contributed by atoms with Gasteiger partial charge in [0.1, 0.15) is 0 Å². The van der Waals surface area contributed by atoms with Gasteiger partial charge in [-0.2, -0.15) is 9.98 Å². The minimum atomic E-state index is 0. The zero-order valence-electron chi connectivity index (χ0n) is 14.8. The summed E-state index contributed by atoms with van der Waals surface area (Å²) in [5.41, 5.74) is 3.61. The average molecular weight is 346 g/mol. The summed E-state index contributed by atoms with van der Waals surface area (Å²) in [4.78, 5) is 8.72. The van der Waals surface area contributed by atoms with Crippen LogP contribution < -0.4 is 22.7 Å². The standard InChI is InChI=1S/C18H23N5.ClH/c1-12-8-6-7-9-14(12)15-10-19-17-20-11-21-23(17)16(15)22-13(2)18(3,4)5;/h6-11,13,22H,1-5H3;1H. The molecular formula is C18H24ClN5. The number of hydrogen-bond acceptors (Lipinski definition) is 4. The molecule has 0 bridgehead atoms. The van der Waals surface area contributed by atoms with Crippen molar-refractivity contribution in [2.24, 2.45) is 20.5 Å². The molecule has 2 atom stereocenters. The maximum Gasteiger partial charge on any atom is 0.362 e. The highest BCUT2D eigenvalue weighted by atomic mass is 35.5. The molecule has 2 aliphatic heterocycles. The Hall–Kier alpha value is -1.98. The summed E-state index contributed by atoms with van der Waals surface area (Å²) in [6.07, 6.45) is 3.48. The molecule has 24 heavy (non-hydrogen) atoms. The molecular weight excluding hydrogens is 322 g/mol. The van der Waals surface area contributed by atoms with Crippen LogP contribution in [0.25, 0.3) is 5.57 Å². The largest absolute Gasteiger partial charge is 1.00 e. The molecule has 0 radical (unpaired) electrons. The number of quaternary nitrogens is 1. The molecule has 128 valence electrons. The van der Waals surface area contributed by atoms with E-state index in [-0.39, 0.29) is 23.9 Å². The summed E-state index contributed by atoms with van der Waals surface area (Å²) in [6.45, 7) is 11.0. The summed E-state index contributed by atoms with van der Waals surface area (Å²) in [5, 5.41) is 8.93. The van der Waals surface area contributed by atoms with E-state index in [1.165, 1.54) is 11.1 Å². The van der Waals surface area contributed by atoms with Crippen molar-refractivity contribution in [2.45, 2.75) is 40.7 Å². The van der Waals surface area contributed by atoms with Gasteiger partial charge < -0.3 is 17.7 Å². The predicted octanol–water partition coefficient (Wildman–Crippen LogP) is -1.03. The number of hydrogen-bond donors (Lipinski definition) is 2. The number of fused-ring (bicyclic) bond motifs is 1. The van der Waals surface area contributed by atoms with Gasteiger partial charge >= 0.3 is 5.96 Å². The molecule has 0 aliphatic carbocycles. The zero-order chi connectivity index (χ0) is 16.6. The number of halogens is 1. The summed E-state index contributed by atoms with van der Waals surface area (Å²) < 4.78 is 0. The van der Waals surface area contributed by atoms with E-state index < -0.39 is 0 Å². The van der Waals surface area contributed by atoms with E-state index in [4.69, 9.17) is 0 Å². The molecule has 2 unspecified atom stereocenters. The lowest BCUT2D eigenvalue weighted by molar-refractivity contribution is -0.771. The van der Waals surface area contributed by atoms with Crippen molar-refractivity contribution in [2.75, 3.05) is 0 Å². The van der Waals surface area contributed by atoms with Crippen molar-refractivity contribution in [1.29, 1.82) is 0 Å². The Bertz CT molecular complexity index is 740. The van der Waals surface area contributed by atoms with E-state index in [1.54, 1.807) is 6.34 Å². The average Bonchev–Trinajstić information content (AvgIpc) is 2.96. The Kier molecular flexibility index (Phi) is 5.26. The van der Waals surface area contributed by atoms with Crippen LogP contribution in [-0.2, 0) is 0 Å². The number of nitrogens with zero attached hydrogens (tertiary/aromatic N) is 3. The fraction of sp³-hybridized carbons (Fsp3) is 0.389. The first kappa shape index (κ1) is 18.4. The third kappa shape index (κ3) is 3.42. The van der Waals surface area contributed by atoms with Crippen LogP contribution in [0, 0.1) is 12.3 Å². The number of aryl methyl sites for hydroxylation is 1. The number of aliphatic imine (C=N–C) groups is 2. The van der Waals surface area contributed by atoms with Crippen LogP contribution in [-0.4, -0.2) is 24.6 Å². The van der Waals surface area contributed by atoms with Gasteiger partial charge in [0.25, 0.3) is 0 Å². The van der Waals surface area contributed by atoms with Crippen molar-refractivity contribution in [3.8, 4) is 0 Å². The van der Waals surface area contributed by atoms with Gasteiger partial charge in [-0.3, -0.25) is 0 Å². The van der Waals surface area contributed by atoms with E-state index in [1.807, 2.05) is 6.21 Å². The smallest absolute Gasteiger partial charge is 0.362 e. The van der Waals surface area contributed by atoms with E-state index in [0.717, 1.165) is 16.4 Å². The number of nitrogens with one attached hydrogen (secondary N) is 2. The van der Waals surface area contributed by atoms with Crippen LogP contribution in [0.2, 0.25) is 0 Å². The van der Waals surface area contributed by atoms with Crippen LogP contribution in [0.5, 0.6) is 0 Å². The summed E-state index contributed by atoms with van der Waals surface area (Å²) in [7, 11) is 0. The van der Waals surface area contributed by atoms with Crippen molar-refractivity contribution in [3.05, 3.63) is 41.2 Å². The molecule has 0 spiro atoms. The summed E-state index contributed by atoms with van der Waals surface area (Å²) in [5.74, 6) is 1.70. The van der Waals surface area contributed by atoms with Gasteiger partial charge in [-0.05, 0) is 30.4 Å². The molecule has 6 heteroatoms. The summed E-state index contributed by atoms with van der Waals surface area (Å²) >= 11 is 0. The first-order valence-corrected chi connectivity index (χ1v) is 7.97. The number of allylic oxidation sites excluding steroid dienone is 1. The third-order valence-electron chi connectivity index (χ3n) is 4.50. The molecule has 2 heterocycles. The Morgan fingerprint density at radius 2 is 1.88 bits per heavy atom. The molecule has 1 aromatic rings. The first-order chi connectivity index (χ1) is 10.9. The molecule has 2 aliphatic rings. The second-order valence-electron chi connectivity index (χ2n) is 7.14. The molecule has 0 saturated heterocycles. The number of benzene rings is 1. The lowest BCUT2D eigenvalue weighted by Gasteiger charge is -2.31. The molecule has 0 saturated carbocycles. The molecule has 2 N–H and O–H groups in total. The van der Waals surface area contributed by atoms with Gasteiger partial charge in [-0.1, -0.05) is 55.1 Å². The van der Waals surface area contributed by atoms with Crippen molar-refractivity contribution >= 4 is 24.1 Å². The SMILES string of the molecule is Cc1ccccc1C1=C(NC(C)C(C)(C)C)[NH+]2N=CN=C2N=C1.[Cl-]. The van der Waals surface area contributed by atoms with Gasteiger partial charge in [0.15, 0.2) is 6.34 Å². The molecule has 3 rings (SSSR count). The lowest BCUT2D eigenvalue weighted by Crippen LogP contribution is -3.09. The van der Waals surface area contributed by atoms with Crippen molar-refractivity contribution in [3.63, 3.8) is 0 Å². The molecule has 0 fully saturated rings. The fourth-order valence-corrected chi connectivity index (χ4v) is 2.51. The van der Waals surface area contributed by atoms with E-state index >= 15 is 0 Å². The molecule has 5 nitrogen and oxygen atoms in total. The highest BCUT2D eigenvalue weighted by Gasteiger charge is 2.35. The number of guanidine groups is 1. The van der Waals surface area contributed by atoms with Crippen molar-refractivity contribution in [1.82, 2.24) is 5.32 Å². The quantitative estimate of drug-likeness (QED) is 0.723. The normalized spacial score (nSPS) is 20.4. The second-order valence-corrected chi connectivity index (χ2v) is 7.14. The van der Waals surface area contributed by atoms with E-state index in [2.05, 4.69) is 79.3 Å². The van der Waals surface area contributed by atoms with Crippen LogP contribution in [0.1, 0.15) is 38.8 Å². The highest BCUT2D eigenvalue weighted by molar-refractivity contribution is 6.15. The first-order valence-electron chi connectivity index (χ1n) is 7.97. The Balaban J connectivity index is 0.00000208. The van der Waals surface area contributed by atoms with Crippen LogP contribution >= 0.6 is 0 Å².